The third-order valence-corrected chi connectivity index (χ3v) is 8.34. The molecule has 5 nitrogen and oxygen atoms in total. The first-order chi connectivity index (χ1) is 17.6. The van der Waals surface area contributed by atoms with E-state index >= 15 is 0 Å². The number of hydrogen-bond acceptors (Lipinski definition) is 6. The van der Waals surface area contributed by atoms with Crippen molar-refractivity contribution in [2.75, 3.05) is 39.1 Å². The van der Waals surface area contributed by atoms with Gasteiger partial charge in [-0.1, -0.05) is 30.3 Å². The van der Waals surface area contributed by atoms with E-state index in [2.05, 4.69) is 58.6 Å². The maximum Gasteiger partial charge on any atom is 0.140 e. The Balaban J connectivity index is 0.00000168. The minimum atomic E-state index is -0.263. The number of amidine groups is 1. The van der Waals surface area contributed by atoms with E-state index in [0.717, 1.165) is 60.3 Å². The van der Waals surface area contributed by atoms with E-state index in [1.54, 1.807) is 24.5 Å². The molecule has 1 fully saturated rings. The number of thiophene rings is 1. The molecule has 4 aromatic rings. The average Bonchev–Trinajstić information content (AvgIpc) is 3.17. The Hall–Kier alpha value is -2.84. The number of piperazine rings is 1. The molecule has 6 rings (SSSR count). The molecule has 2 aliphatic rings. The van der Waals surface area contributed by atoms with Crippen LogP contribution in [0.15, 0.2) is 71.7 Å². The van der Waals surface area contributed by atoms with Gasteiger partial charge in [-0.05, 0) is 61.9 Å². The second-order valence-electron chi connectivity index (χ2n) is 9.49. The van der Waals surface area contributed by atoms with Gasteiger partial charge in [0.1, 0.15) is 22.4 Å². The molecule has 0 spiro atoms. The van der Waals surface area contributed by atoms with Crippen LogP contribution in [0.4, 0.5) is 20.8 Å². The molecule has 38 heavy (non-hydrogen) atoms. The van der Waals surface area contributed by atoms with Crippen LogP contribution in [-0.2, 0) is 6.42 Å². The second-order valence-corrected chi connectivity index (χ2v) is 10.5. The van der Waals surface area contributed by atoms with Crippen LogP contribution in [0.25, 0.3) is 10.1 Å². The van der Waals surface area contributed by atoms with Gasteiger partial charge in [-0.2, -0.15) is 0 Å². The molecule has 2 aliphatic heterocycles. The molecule has 0 bridgehead atoms. The SMILES string of the molecule is COc1ccc(CC[C@H]2CN(C3=Nc4ccc(F)cc4Nc4sc5ccccc5c43)CCN2C)cc1.Cl.Cl. The van der Waals surface area contributed by atoms with Gasteiger partial charge in [-0.3, -0.25) is 4.90 Å². The third-order valence-electron chi connectivity index (χ3n) is 7.25. The highest BCUT2D eigenvalue weighted by molar-refractivity contribution is 7.23. The molecule has 0 amide bonds. The van der Waals surface area contributed by atoms with Crippen molar-refractivity contribution in [2.24, 2.45) is 4.99 Å². The Morgan fingerprint density at radius 1 is 1.05 bits per heavy atom. The Labute approximate surface area is 239 Å². The largest absolute Gasteiger partial charge is 0.497 e. The number of aliphatic imine (C=N–C) groups is 1. The van der Waals surface area contributed by atoms with Gasteiger partial charge in [-0.15, -0.1) is 36.2 Å². The summed E-state index contributed by atoms with van der Waals surface area (Å²) in [4.78, 5) is 10.0. The summed E-state index contributed by atoms with van der Waals surface area (Å²) in [6, 6.07) is 22.0. The van der Waals surface area contributed by atoms with Crippen molar-refractivity contribution in [2.45, 2.75) is 18.9 Å². The normalized spacial score (nSPS) is 16.8. The van der Waals surface area contributed by atoms with Crippen molar-refractivity contribution in [3.8, 4) is 5.75 Å². The molecule has 0 unspecified atom stereocenters. The Bertz CT molecular complexity index is 1440. The van der Waals surface area contributed by atoms with Crippen LogP contribution in [0.5, 0.6) is 5.75 Å². The first-order valence-electron chi connectivity index (χ1n) is 12.3. The molecule has 1 N–H and O–H groups in total. The van der Waals surface area contributed by atoms with Crippen LogP contribution in [0.3, 0.4) is 0 Å². The van der Waals surface area contributed by atoms with Crippen LogP contribution in [0, 0.1) is 5.82 Å². The van der Waals surface area contributed by atoms with Gasteiger partial charge in [0.05, 0.1) is 24.0 Å². The smallest absolute Gasteiger partial charge is 0.140 e. The number of rotatable bonds is 4. The summed E-state index contributed by atoms with van der Waals surface area (Å²) >= 11 is 1.70. The van der Waals surface area contributed by atoms with E-state index in [1.165, 1.54) is 27.8 Å². The van der Waals surface area contributed by atoms with E-state index in [-0.39, 0.29) is 30.6 Å². The molecular formula is C29H31Cl2FN4OS. The summed E-state index contributed by atoms with van der Waals surface area (Å²) in [6.45, 7) is 2.76. The van der Waals surface area contributed by atoms with Crippen molar-refractivity contribution in [3.63, 3.8) is 0 Å². The van der Waals surface area contributed by atoms with E-state index in [0.29, 0.717) is 11.7 Å². The Morgan fingerprint density at radius 2 is 1.84 bits per heavy atom. The lowest BCUT2D eigenvalue weighted by Gasteiger charge is -2.41. The van der Waals surface area contributed by atoms with Crippen LogP contribution in [0.2, 0.25) is 0 Å². The number of methoxy groups -OCH3 is 1. The first-order valence-corrected chi connectivity index (χ1v) is 13.2. The summed E-state index contributed by atoms with van der Waals surface area (Å²) in [5.41, 5.74) is 3.92. The number of benzene rings is 3. The van der Waals surface area contributed by atoms with Gasteiger partial charge in [0.25, 0.3) is 0 Å². The first kappa shape index (κ1) is 28.2. The topological polar surface area (TPSA) is 40.1 Å². The lowest BCUT2D eigenvalue weighted by atomic mass is 10.0. The van der Waals surface area contributed by atoms with E-state index < -0.39 is 0 Å². The fraction of sp³-hybridized carbons (Fsp3) is 0.276. The highest BCUT2D eigenvalue weighted by atomic mass is 35.5. The molecule has 1 atom stereocenters. The molecule has 3 heterocycles. The van der Waals surface area contributed by atoms with Crippen LogP contribution < -0.4 is 10.1 Å². The van der Waals surface area contributed by atoms with Crippen LogP contribution in [-0.4, -0.2) is 55.5 Å². The fourth-order valence-electron chi connectivity index (χ4n) is 5.16. The molecule has 200 valence electrons. The number of nitrogens with zero attached hydrogens (tertiary/aromatic N) is 3. The molecule has 1 saturated heterocycles. The zero-order chi connectivity index (χ0) is 24.6. The number of likely N-dealkylation sites (N-methyl/N-ethyl adjacent to an activating group) is 1. The van der Waals surface area contributed by atoms with Gasteiger partial charge < -0.3 is 15.0 Å². The minimum absolute atomic E-state index is 0. The van der Waals surface area contributed by atoms with Crippen molar-refractivity contribution in [3.05, 3.63) is 83.7 Å². The van der Waals surface area contributed by atoms with Crippen molar-refractivity contribution in [1.29, 1.82) is 0 Å². The standard InChI is InChI=1S/C29H29FN4OS.2ClH/c1-33-15-16-34(18-21(33)11-7-19-8-12-22(35-2)13-9-19)28-27-23-5-3-4-6-26(23)36-29(27)32-25-17-20(30)10-14-24(25)31-28;;/h3-6,8-10,12-14,17,21,32H,7,11,15-16,18H2,1-2H3;2*1H/t21-;;/m0../s1. The molecule has 0 saturated carbocycles. The van der Waals surface area contributed by atoms with Crippen molar-refractivity contribution < 1.29 is 9.13 Å². The highest BCUT2D eigenvalue weighted by Crippen LogP contribution is 2.43. The van der Waals surface area contributed by atoms with Gasteiger partial charge in [0.15, 0.2) is 0 Å². The van der Waals surface area contributed by atoms with E-state index in [4.69, 9.17) is 9.73 Å². The second kappa shape index (κ2) is 11.9. The zero-order valence-corrected chi connectivity index (χ0v) is 23.8. The van der Waals surface area contributed by atoms with Crippen LogP contribution >= 0.6 is 36.2 Å². The zero-order valence-electron chi connectivity index (χ0n) is 21.3. The molecule has 9 heteroatoms. The lowest BCUT2D eigenvalue weighted by Crippen LogP contribution is -2.53. The molecule has 1 aromatic heterocycles. The fourth-order valence-corrected chi connectivity index (χ4v) is 6.27. The number of ether oxygens (including phenoxy) is 1. The van der Waals surface area contributed by atoms with Gasteiger partial charge in [0, 0.05) is 35.8 Å². The number of aryl methyl sites for hydroxylation is 1. The molecular weight excluding hydrogens is 542 g/mol. The summed E-state index contributed by atoms with van der Waals surface area (Å²) < 4.78 is 20.6. The number of halogens is 3. The van der Waals surface area contributed by atoms with Gasteiger partial charge >= 0.3 is 0 Å². The lowest BCUT2D eigenvalue weighted by molar-refractivity contribution is 0.134. The number of fused-ring (bicyclic) bond motifs is 4. The summed E-state index contributed by atoms with van der Waals surface area (Å²) in [5, 5.41) is 5.70. The molecule has 0 radical (unpaired) electrons. The number of nitrogens with one attached hydrogen (secondary N) is 1. The van der Waals surface area contributed by atoms with Crippen molar-refractivity contribution >= 4 is 68.4 Å². The molecule has 3 aromatic carbocycles. The Morgan fingerprint density at radius 3 is 2.63 bits per heavy atom. The predicted molar refractivity (Wildman–Crippen MR) is 162 cm³/mol. The van der Waals surface area contributed by atoms with E-state index in [1.807, 2.05) is 12.1 Å². The number of hydrogen-bond donors (Lipinski definition) is 1. The monoisotopic (exact) mass is 572 g/mol. The summed E-state index contributed by atoms with van der Waals surface area (Å²) in [6.07, 6.45) is 2.07. The average molecular weight is 574 g/mol. The van der Waals surface area contributed by atoms with Crippen molar-refractivity contribution in [1.82, 2.24) is 9.80 Å². The predicted octanol–water partition coefficient (Wildman–Crippen LogP) is 7.28. The van der Waals surface area contributed by atoms with Gasteiger partial charge in [-0.25, -0.2) is 9.38 Å². The maximum atomic E-state index is 14.1. The minimum Gasteiger partial charge on any atom is -0.497 e. The van der Waals surface area contributed by atoms with Crippen LogP contribution in [0.1, 0.15) is 17.5 Å². The summed E-state index contributed by atoms with van der Waals surface area (Å²) in [7, 11) is 3.92. The summed E-state index contributed by atoms with van der Waals surface area (Å²) in [5.74, 6) is 1.60. The van der Waals surface area contributed by atoms with Gasteiger partial charge in [0.2, 0.25) is 0 Å². The molecule has 0 aliphatic carbocycles. The quantitative estimate of drug-likeness (QED) is 0.279. The third kappa shape index (κ3) is 5.47. The number of anilines is 2. The maximum absolute atomic E-state index is 14.1. The van der Waals surface area contributed by atoms with E-state index in [9.17, 15) is 4.39 Å². The Kier molecular flexibility index (Phi) is 8.83. The highest BCUT2D eigenvalue weighted by Gasteiger charge is 2.31.